The molecule has 0 aliphatic rings. The number of benzene rings is 2. The molecule has 344 valence electrons. The molecule has 0 heterocycles. The minimum absolute atomic E-state index is 0.0187. The highest BCUT2D eigenvalue weighted by atomic mass is 19.1. The second-order valence-electron chi connectivity index (χ2n) is 11.7. The maximum atomic E-state index is 12.7. The topological polar surface area (TPSA) is 210 Å². The smallest absolute Gasteiger partial charge is 0.339 e. The predicted octanol–water partition coefficient (Wildman–Crippen LogP) is 4.69. The van der Waals surface area contributed by atoms with Crippen molar-refractivity contribution < 1.29 is 82.0 Å². The van der Waals surface area contributed by atoms with Crippen molar-refractivity contribution in [2.45, 2.75) is 26.7 Å². The molecular weight excluding hydrogens is 864 g/mol. The monoisotopic (exact) mass is 909 g/mol. The van der Waals surface area contributed by atoms with Crippen molar-refractivity contribution >= 4 is 47.8 Å². The Morgan fingerprint density at radius 2 is 0.879 bits per heavy atom. The van der Waals surface area contributed by atoms with Gasteiger partial charge in [-0.1, -0.05) is 62.5 Å². The van der Waals surface area contributed by atoms with E-state index in [1.807, 2.05) is 0 Å². The summed E-state index contributed by atoms with van der Waals surface area (Å²) >= 11 is 0. The fourth-order valence-corrected chi connectivity index (χ4v) is 4.29. The van der Waals surface area contributed by atoms with Gasteiger partial charge in [0.15, 0.2) is 39.6 Å². The predicted molar refractivity (Wildman–Crippen MR) is 235 cm³/mol. The van der Waals surface area contributed by atoms with Gasteiger partial charge in [-0.25, -0.2) is 28.8 Å². The average molecular weight is 910 g/mol. The molecule has 16 nitrogen and oxygen atoms in total. The second-order valence-corrected chi connectivity index (χ2v) is 11.7. The molecule has 0 N–H and O–H groups in total. The van der Waals surface area contributed by atoms with Crippen LogP contribution in [0.5, 0.6) is 11.5 Å². The normalized spacial score (nSPS) is 9.98. The minimum Gasteiger partial charge on any atom is -0.452 e. The van der Waals surface area contributed by atoms with Crippen molar-refractivity contribution in [3.8, 4) is 85.6 Å². The number of halogens is 1. The zero-order chi connectivity index (χ0) is 51.2. The van der Waals surface area contributed by atoms with E-state index in [0.29, 0.717) is 6.42 Å². The molecular formula is C49H45FO16. The summed E-state index contributed by atoms with van der Waals surface area (Å²) in [6.45, 7) is 8.58. The van der Waals surface area contributed by atoms with Crippen molar-refractivity contribution in [2.75, 3.05) is 46.8 Å². The minimum atomic E-state index is -1.00. The Labute approximate surface area is 383 Å². The summed E-state index contributed by atoms with van der Waals surface area (Å²) in [5, 5.41) is 0. The Morgan fingerprint density at radius 3 is 1.20 bits per heavy atom. The van der Waals surface area contributed by atoms with Gasteiger partial charge in [0.25, 0.3) is 0 Å². The van der Waals surface area contributed by atoms with Gasteiger partial charge in [-0.2, -0.15) is 0 Å². The summed E-state index contributed by atoms with van der Waals surface area (Å²) in [6, 6.07) is 7.31. The van der Waals surface area contributed by atoms with Crippen LogP contribution < -0.4 is 9.47 Å². The Kier molecular flexibility index (Phi) is 30.7. The highest BCUT2D eigenvalue weighted by Crippen LogP contribution is 2.24. The van der Waals surface area contributed by atoms with Crippen LogP contribution in [0.25, 0.3) is 0 Å². The third kappa shape index (κ3) is 24.4. The zero-order valence-electron chi connectivity index (χ0n) is 36.9. The van der Waals surface area contributed by atoms with Gasteiger partial charge in [0.1, 0.15) is 11.5 Å². The molecule has 17 heteroatoms. The summed E-state index contributed by atoms with van der Waals surface area (Å²) < 4.78 is 54.3. The summed E-state index contributed by atoms with van der Waals surface area (Å²) in [7, 11) is -1.00. The maximum Gasteiger partial charge on any atom is 0.339 e. The van der Waals surface area contributed by atoms with E-state index in [4.69, 9.17) is 73.1 Å². The molecule has 66 heavy (non-hydrogen) atoms. The maximum absolute atomic E-state index is 12.7. The standard InChI is InChI=1S/C25H24O8.C17H12O6.C6H6O2.CH3F/c1-6-10-30-22(26)17(5)13-18(9-4)25(29)33-21-15-19(23(27)31-11-7-2)14-20(16-21)24(28)32-12-8-3;1-4-7-21-16(19)12-9-13(17(20)22-8-5-2)11-14(10-12)23-15(18)6-3;1-3-5-8-6(7)4-2;1-2/h1-3,14-18H,9-13H2,4-5H3;1-2,6,9-11H,3,7-8H2;1,4H,2,5H2;1H3/i;;;1D. The zero-order valence-corrected chi connectivity index (χ0v) is 35.9. The van der Waals surface area contributed by atoms with Gasteiger partial charge in [0.2, 0.25) is 0 Å². The van der Waals surface area contributed by atoms with Crippen LogP contribution in [0.1, 0.15) is 69.5 Å². The van der Waals surface area contributed by atoms with Crippen LogP contribution in [-0.4, -0.2) is 94.5 Å². The van der Waals surface area contributed by atoms with Gasteiger partial charge >= 0.3 is 47.8 Å². The van der Waals surface area contributed by atoms with Crippen LogP contribution in [0.15, 0.2) is 61.7 Å². The Hall–Kier alpha value is -9.03. The lowest BCUT2D eigenvalue weighted by Crippen LogP contribution is -2.26. The summed E-state index contributed by atoms with van der Waals surface area (Å²) in [5.74, 6) is 5.84. The van der Waals surface area contributed by atoms with Crippen LogP contribution >= 0.6 is 0 Å². The van der Waals surface area contributed by atoms with Crippen molar-refractivity contribution in [3.63, 3.8) is 0 Å². The van der Waals surface area contributed by atoms with Crippen LogP contribution in [-0.2, 0) is 47.6 Å². The van der Waals surface area contributed by atoms with Crippen molar-refractivity contribution in [1.29, 1.82) is 0 Å². The molecule has 0 saturated heterocycles. The van der Waals surface area contributed by atoms with Gasteiger partial charge in [-0.15, -0.1) is 38.5 Å². The molecule has 0 aromatic heterocycles. The van der Waals surface area contributed by atoms with E-state index in [1.165, 1.54) is 36.4 Å². The molecule has 2 unspecified atom stereocenters. The van der Waals surface area contributed by atoms with Crippen molar-refractivity contribution in [1.82, 2.24) is 0 Å². The van der Waals surface area contributed by atoms with E-state index in [0.717, 1.165) is 12.2 Å². The highest BCUT2D eigenvalue weighted by molar-refractivity contribution is 5.97. The summed E-state index contributed by atoms with van der Waals surface area (Å²) in [5.41, 5.74) is -0.241. The summed E-state index contributed by atoms with van der Waals surface area (Å²) in [4.78, 5) is 94.2. The fraction of sp³-hybridized carbons (Fsp3) is 0.265. The number of alkyl halides is 1. The molecule has 0 radical (unpaired) electrons. The SMILES string of the molecule is C#CCOC(=O)C=C.C#CCOC(=O)c1cc(OC(=O)C(CC)CC(C)C(=O)OCC#C)cc(C(=O)OCC#C)c1.C#CCOC(=O)c1cc(OC(=O)C=C)cc(C(=O)OCC#C)c1.[2H]CF. The lowest BCUT2D eigenvalue weighted by Gasteiger charge is -2.18. The molecule has 0 fully saturated rings. The van der Waals surface area contributed by atoms with E-state index in [9.17, 15) is 42.7 Å². The van der Waals surface area contributed by atoms with Gasteiger partial charge < -0.3 is 37.9 Å². The molecule has 0 spiro atoms. The third-order valence-electron chi connectivity index (χ3n) is 7.13. The number of carbonyl (C=O) groups excluding carboxylic acids is 8. The average Bonchev–Trinajstić information content (AvgIpc) is 3.33. The highest BCUT2D eigenvalue weighted by Gasteiger charge is 2.27. The number of terminal acetylenes is 6. The fourth-order valence-electron chi connectivity index (χ4n) is 4.29. The van der Waals surface area contributed by atoms with E-state index < -0.39 is 66.7 Å². The van der Waals surface area contributed by atoms with Gasteiger partial charge in [0.05, 0.1) is 42.6 Å². The lowest BCUT2D eigenvalue weighted by atomic mass is 9.94. The number of hydrogen-bond acceptors (Lipinski definition) is 16. The quantitative estimate of drug-likeness (QED) is 0.0615. The number of rotatable bonds is 19. The molecule has 0 aliphatic heterocycles. The molecule has 0 aliphatic carbocycles. The van der Waals surface area contributed by atoms with Crippen LogP contribution in [0.3, 0.4) is 0 Å². The van der Waals surface area contributed by atoms with E-state index in [2.05, 4.69) is 53.4 Å². The van der Waals surface area contributed by atoms with Crippen LogP contribution in [0.4, 0.5) is 4.39 Å². The van der Waals surface area contributed by atoms with Gasteiger partial charge in [-0.05, 0) is 49.2 Å². The van der Waals surface area contributed by atoms with Crippen LogP contribution in [0.2, 0.25) is 0 Å². The van der Waals surface area contributed by atoms with Gasteiger partial charge in [0, 0.05) is 12.2 Å². The Morgan fingerprint density at radius 1 is 0.561 bits per heavy atom. The molecule has 0 saturated carbocycles. The van der Waals surface area contributed by atoms with Crippen LogP contribution in [0, 0.1) is 85.9 Å². The molecule has 0 bridgehead atoms. The molecule has 0 amide bonds. The molecule has 2 rings (SSSR count). The first kappa shape index (κ1) is 57.0. The number of esters is 8. The molecule has 2 aromatic rings. The number of ether oxygens (including phenoxy) is 8. The Balaban J connectivity index is 0. The lowest BCUT2D eigenvalue weighted by molar-refractivity contribution is -0.148. The first-order valence-corrected chi connectivity index (χ1v) is 18.5. The van der Waals surface area contributed by atoms with Gasteiger partial charge in [-0.3, -0.25) is 14.0 Å². The summed E-state index contributed by atoms with van der Waals surface area (Å²) in [6.07, 6.45) is 32.5. The molecule has 2 aromatic carbocycles. The van der Waals surface area contributed by atoms with E-state index >= 15 is 0 Å². The first-order chi connectivity index (χ1) is 32.0. The van der Waals surface area contributed by atoms with Crippen molar-refractivity contribution in [2.24, 2.45) is 11.8 Å². The number of carbonyl (C=O) groups is 8. The first-order valence-electron chi connectivity index (χ1n) is 19.2. The van der Waals surface area contributed by atoms with E-state index in [1.54, 1.807) is 13.8 Å². The third-order valence-corrected chi connectivity index (χ3v) is 7.13. The molecule has 2 atom stereocenters. The van der Waals surface area contributed by atoms with Crippen molar-refractivity contribution in [3.05, 3.63) is 84.0 Å². The largest absolute Gasteiger partial charge is 0.452 e. The number of hydrogen-bond donors (Lipinski definition) is 0. The second kappa shape index (κ2) is 35.6. The van der Waals surface area contributed by atoms with E-state index in [-0.39, 0.29) is 79.8 Å². The Bertz CT molecular complexity index is 2230.